The van der Waals surface area contributed by atoms with Gasteiger partial charge in [0.15, 0.2) is 0 Å². The topological polar surface area (TPSA) is 24.1 Å². The molecule has 84 valence electrons. The minimum atomic E-state index is -0.171. The van der Waals surface area contributed by atoms with Crippen LogP contribution in [0, 0.1) is 5.82 Å². The van der Waals surface area contributed by atoms with Gasteiger partial charge in [0.25, 0.3) is 0 Å². The van der Waals surface area contributed by atoms with Gasteiger partial charge in [-0.3, -0.25) is 0 Å². The van der Waals surface area contributed by atoms with Crippen molar-refractivity contribution in [2.45, 2.75) is 19.4 Å². The lowest BCUT2D eigenvalue weighted by Gasteiger charge is -2.12. The van der Waals surface area contributed by atoms with Gasteiger partial charge in [-0.1, -0.05) is 12.1 Å². The number of nitrogens with one attached hydrogen (secondary N) is 2. The van der Waals surface area contributed by atoms with Crippen molar-refractivity contribution in [3.8, 4) is 0 Å². The first-order chi connectivity index (χ1) is 7.22. The van der Waals surface area contributed by atoms with Gasteiger partial charge in [-0.05, 0) is 44.6 Å². The van der Waals surface area contributed by atoms with E-state index >= 15 is 0 Å². The Kier molecular flexibility index (Phi) is 5.29. The molecule has 1 atom stereocenters. The second-order valence-corrected chi connectivity index (χ2v) is 3.79. The number of halogens is 1. The molecule has 0 spiro atoms. The average molecular weight is 210 g/mol. The molecule has 2 N–H and O–H groups in total. The van der Waals surface area contributed by atoms with Crippen molar-refractivity contribution in [3.63, 3.8) is 0 Å². The van der Waals surface area contributed by atoms with Gasteiger partial charge in [0, 0.05) is 12.6 Å². The summed E-state index contributed by atoms with van der Waals surface area (Å²) in [6.45, 7) is 4.03. The Morgan fingerprint density at radius 3 is 2.53 bits per heavy atom. The molecule has 1 aromatic carbocycles. The standard InChI is InChI=1S/C12H19FN2/c1-10(9-14-2)15-8-7-11-3-5-12(13)6-4-11/h3-6,10,14-15H,7-9H2,1-2H3. The van der Waals surface area contributed by atoms with Crippen LogP contribution in [0.4, 0.5) is 4.39 Å². The molecule has 0 radical (unpaired) electrons. The summed E-state index contributed by atoms with van der Waals surface area (Å²) in [6.07, 6.45) is 0.939. The van der Waals surface area contributed by atoms with Crippen molar-refractivity contribution in [1.29, 1.82) is 0 Å². The molecule has 1 rings (SSSR count). The number of hydrogen-bond donors (Lipinski definition) is 2. The van der Waals surface area contributed by atoms with Crippen LogP contribution >= 0.6 is 0 Å². The number of hydrogen-bond acceptors (Lipinski definition) is 2. The van der Waals surface area contributed by atoms with Crippen LogP contribution in [-0.2, 0) is 6.42 Å². The van der Waals surface area contributed by atoms with Crippen LogP contribution in [0.3, 0.4) is 0 Å². The molecule has 0 aliphatic rings. The van der Waals surface area contributed by atoms with Gasteiger partial charge >= 0.3 is 0 Å². The molecule has 0 aliphatic carbocycles. The van der Waals surface area contributed by atoms with Crippen molar-refractivity contribution in [3.05, 3.63) is 35.6 Å². The van der Waals surface area contributed by atoms with Gasteiger partial charge < -0.3 is 10.6 Å². The van der Waals surface area contributed by atoms with Crippen molar-refractivity contribution >= 4 is 0 Å². The molecule has 0 heterocycles. The van der Waals surface area contributed by atoms with E-state index in [9.17, 15) is 4.39 Å². The maximum Gasteiger partial charge on any atom is 0.123 e. The van der Waals surface area contributed by atoms with Crippen LogP contribution in [0.1, 0.15) is 12.5 Å². The van der Waals surface area contributed by atoms with Gasteiger partial charge in [0.1, 0.15) is 5.82 Å². The second kappa shape index (κ2) is 6.53. The van der Waals surface area contributed by atoms with Crippen LogP contribution in [0.5, 0.6) is 0 Å². The molecule has 0 saturated carbocycles. The van der Waals surface area contributed by atoms with E-state index in [1.165, 1.54) is 17.7 Å². The van der Waals surface area contributed by atoms with E-state index in [0.29, 0.717) is 6.04 Å². The second-order valence-electron chi connectivity index (χ2n) is 3.79. The fourth-order valence-corrected chi connectivity index (χ4v) is 1.49. The average Bonchev–Trinajstić information content (AvgIpc) is 2.21. The molecule has 0 aliphatic heterocycles. The molecule has 3 heteroatoms. The van der Waals surface area contributed by atoms with Crippen molar-refractivity contribution in [2.24, 2.45) is 0 Å². The molecule has 1 unspecified atom stereocenters. The Bertz CT molecular complexity index is 271. The summed E-state index contributed by atoms with van der Waals surface area (Å²) >= 11 is 0. The third-order valence-corrected chi connectivity index (χ3v) is 2.33. The van der Waals surface area contributed by atoms with Crippen molar-refractivity contribution < 1.29 is 4.39 Å². The minimum absolute atomic E-state index is 0.171. The lowest BCUT2D eigenvalue weighted by Crippen LogP contribution is -2.35. The van der Waals surface area contributed by atoms with Crippen LogP contribution in [0.25, 0.3) is 0 Å². The molecule has 0 aromatic heterocycles. The highest BCUT2D eigenvalue weighted by Crippen LogP contribution is 2.02. The van der Waals surface area contributed by atoms with Gasteiger partial charge in [-0.25, -0.2) is 4.39 Å². The molecule has 1 aromatic rings. The lowest BCUT2D eigenvalue weighted by atomic mass is 10.1. The SMILES string of the molecule is CNCC(C)NCCc1ccc(F)cc1. The summed E-state index contributed by atoms with van der Waals surface area (Å²) in [6, 6.07) is 7.15. The van der Waals surface area contributed by atoms with E-state index in [2.05, 4.69) is 17.6 Å². The smallest absolute Gasteiger partial charge is 0.123 e. The van der Waals surface area contributed by atoms with Crippen molar-refractivity contribution in [1.82, 2.24) is 10.6 Å². The molecule has 0 saturated heterocycles. The predicted octanol–water partition coefficient (Wildman–Crippen LogP) is 1.57. The zero-order valence-corrected chi connectivity index (χ0v) is 9.39. The van der Waals surface area contributed by atoms with Crippen LogP contribution in [-0.4, -0.2) is 26.2 Å². The first kappa shape index (κ1) is 12.1. The van der Waals surface area contributed by atoms with Gasteiger partial charge in [0.2, 0.25) is 0 Å². The summed E-state index contributed by atoms with van der Waals surface area (Å²) in [4.78, 5) is 0. The first-order valence-electron chi connectivity index (χ1n) is 5.35. The van der Waals surface area contributed by atoms with E-state index in [4.69, 9.17) is 0 Å². The molecule has 0 amide bonds. The zero-order valence-electron chi connectivity index (χ0n) is 9.39. The number of likely N-dealkylation sites (N-methyl/N-ethyl adjacent to an activating group) is 1. The third kappa shape index (κ3) is 4.91. The summed E-state index contributed by atoms with van der Waals surface area (Å²) in [5.74, 6) is -0.171. The summed E-state index contributed by atoms with van der Waals surface area (Å²) in [7, 11) is 1.94. The minimum Gasteiger partial charge on any atom is -0.318 e. The maximum atomic E-state index is 12.6. The van der Waals surface area contributed by atoms with Crippen LogP contribution in [0.15, 0.2) is 24.3 Å². The maximum absolute atomic E-state index is 12.6. The van der Waals surface area contributed by atoms with E-state index in [0.717, 1.165) is 19.5 Å². The molecular formula is C12H19FN2. The molecular weight excluding hydrogens is 191 g/mol. The Morgan fingerprint density at radius 1 is 1.27 bits per heavy atom. The quantitative estimate of drug-likeness (QED) is 0.744. The van der Waals surface area contributed by atoms with E-state index in [-0.39, 0.29) is 5.82 Å². The molecule has 0 fully saturated rings. The number of benzene rings is 1. The predicted molar refractivity (Wildman–Crippen MR) is 61.5 cm³/mol. The zero-order chi connectivity index (χ0) is 11.1. The highest BCUT2D eigenvalue weighted by Gasteiger charge is 1.99. The summed E-state index contributed by atoms with van der Waals surface area (Å²) < 4.78 is 12.6. The van der Waals surface area contributed by atoms with Gasteiger partial charge in [-0.15, -0.1) is 0 Å². The Labute approximate surface area is 90.9 Å². The largest absolute Gasteiger partial charge is 0.318 e. The fraction of sp³-hybridized carbons (Fsp3) is 0.500. The van der Waals surface area contributed by atoms with E-state index in [1.807, 2.05) is 19.2 Å². The lowest BCUT2D eigenvalue weighted by molar-refractivity contribution is 0.526. The van der Waals surface area contributed by atoms with Crippen molar-refractivity contribution in [2.75, 3.05) is 20.1 Å². The fourth-order valence-electron chi connectivity index (χ4n) is 1.49. The van der Waals surface area contributed by atoms with Gasteiger partial charge in [0.05, 0.1) is 0 Å². The Morgan fingerprint density at radius 2 is 1.93 bits per heavy atom. The van der Waals surface area contributed by atoms with Gasteiger partial charge in [-0.2, -0.15) is 0 Å². The van der Waals surface area contributed by atoms with E-state index < -0.39 is 0 Å². The first-order valence-corrected chi connectivity index (χ1v) is 5.35. The monoisotopic (exact) mass is 210 g/mol. The summed E-state index contributed by atoms with van der Waals surface area (Å²) in [5.41, 5.74) is 1.17. The molecule has 15 heavy (non-hydrogen) atoms. The normalized spacial score (nSPS) is 12.7. The molecule has 2 nitrogen and oxygen atoms in total. The third-order valence-electron chi connectivity index (χ3n) is 2.33. The Hall–Kier alpha value is -0.930. The highest BCUT2D eigenvalue weighted by molar-refractivity contribution is 5.16. The summed E-state index contributed by atoms with van der Waals surface area (Å²) in [5, 5.41) is 6.50. The Balaban J connectivity index is 2.22. The van der Waals surface area contributed by atoms with E-state index in [1.54, 1.807) is 0 Å². The highest BCUT2D eigenvalue weighted by atomic mass is 19.1. The molecule has 0 bridgehead atoms. The van der Waals surface area contributed by atoms with Crippen LogP contribution in [0.2, 0.25) is 0 Å². The number of rotatable bonds is 6. The van der Waals surface area contributed by atoms with Crippen LogP contribution < -0.4 is 10.6 Å².